The Balaban J connectivity index is 0. The van der Waals surface area contributed by atoms with Gasteiger partial charge in [0.2, 0.25) is 0 Å². The van der Waals surface area contributed by atoms with Crippen LogP contribution in [0, 0.1) is 0 Å². The van der Waals surface area contributed by atoms with E-state index in [4.69, 9.17) is 0 Å². The van der Waals surface area contributed by atoms with Gasteiger partial charge in [0.1, 0.15) is 0 Å². The average Bonchev–Trinajstić information content (AvgIpc) is 2.83. The molecule has 0 unspecified atom stereocenters. The first-order valence-electron chi connectivity index (χ1n) is 8.97. The second-order valence-corrected chi connectivity index (χ2v) is 8.57. The van der Waals surface area contributed by atoms with Gasteiger partial charge in [0.15, 0.2) is 0 Å². The molecule has 26 heavy (non-hydrogen) atoms. The summed E-state index contributed by atoms with van der Waals surface area (Å²) in [6.07, 6.45) is 18.6. The molecule has 0 aromatic heterocycles. The molecule has 1 rings (SSSR count). The monoisotopic (exact) mass is 656 g/mol. The zero-order valence-corrected chi connectivity index (χ0v) is 18.6. The maximum atomic E-state index is 9.87. The van der Waals surface area contributed by atoms with Crippen LogP contribution in [0.2, 0.25) is 0 Å². The standard InChI is InChI=1S/C16H32N2.F6P.No/c1-3-4-5-6-7-8-9-10-11-12-13-18-15-14-17(2)16-18;1-7(2,3,4,5)6;/h14-15H,3-13,16H2,1-2H3;;/q;-1;. The van der Waals surface area contributed by atoms with E-state index in [1.54, 1.807) is 0 Å². The first kappa shape index (κ1) is 26.6. The van der Waals surface area contributed by atoms with Gasteiger partial charge in [-0.2, -0.15) is 0 Å². The van der Waals surface area contributed by atoms with Crippen LogP contribution in [-0.4, -0.2) is 30.1 Å². The first-order chi connectivity index (χ1) is 11.3. The maximum absolute atomic E-state index is 10.7. The molecular weight excluding hydrogens is 624 g/mol. The van der Waals surface area contributed by atoms with E-state index in [-0.39, 0.29) is 0 Å². The van der Waals surface area contributed by atoms with Crippen LogP contribution in [0.25, 0.3) is 0 Å². The normalized spacial score (nSPS) is 16.5. The third-order valence-corrected chi connectivity index (χ3v) is 3.74. The maximum Gasteiger partial charge on any atom is 0 e. The molecule has 0 aromatic rings. The van der Waals surface area contributed by atoms with Crippen LogP contribution in [-0.2, 0) is 0 Å². The van der Waals surface area contributed by atoms with Crippen LogP contribution in [0.4, 0.5) is 25.2 Å². The summed E-state index contributed by atoms with van der Waals surface area (Å²) in [5, 5.41) is 0. The molecule has 0 atom stereocenters. The van der Waals surface area contributed by atoms with E-state index < -0.39 is 7.81 Å². The van der Waals surface area contributed by atoms with Gasteiger partial charge >= 0.3 is 33.0 Å². The van der Waals surface area contributed by atoms with Gasteiger partial charge in [-0.25, -0.2) is 0 Å². The van der Waals surface area contributed by atoms with Gasteiger partial charge in [0.25, 0.3) is 0 Å². The van der Waals surface area contributed by atoms with Crippen molar-refractivity contribution in [2.24, 2.45) is 0 Å². The average molecular weight is 656 g/mol. The summed E-state index contributed by atoms with van der Waals surface area (Å²) in [7, 11) is -8.52. The molecule has 0 fully saturated rings. The molecule has 1 aliphatic heterocycles. The Kier molecular flexibility index (Phi) is 10.7. The van der Waals surface area contributed by atoms with Crippen molar-refractivity contribution in [2.45, 2.75) is 71.1 Å². The number of hydrogen-bond donors (Lipinski definition) is 0. The van der Waals surface area contributed by atoms with E-state index in [2.05, 4.69) is 36.2 Å². The van der Waals surface area contributed by atoms with Crippen molar-refractivity contribution in [3.63, 3.8) is 0 Å². The summed E-state index contributed by atoms with van der Waals surface area (Å²) in [5.74, 6) is 0. The third-order valence-electron chi connectivity index (χ3n) is 3.74. The van der Waals surface area contributed by atoms with Crippen LogP contribution < -0.4 is 0 Å². The Morgan fingerprint density at radius 2 is 1.12 bits per heavy atom. The van der Waals surface area contributed by atoms with E-state index in [0.29, 0.717) is 0 Å². The topological polar surface area (TPSA) is 6.48 Å². The number of rotatable bonds is 11. The molecular formula is C16H32F6N2NoP-. The minimum absolute atomic E-state index is 0. The van der Waals surface area contributed by atoms with Crippen molar-refractivity contribution in [2.75, 3.05) is 20.3 Å². The van der Waals surface area contributed by atoms with Crippen molar-refractivity contribution < 1.29 is 25.2 Å². The molecule has 1 aliphatic rings. The van der Waals surface area contributed by atoms with Gasteiger partial charge in [-0.05, 0) is 6.42 Å². The Hall–Kier alpha value is -1.65. The quantitative estimate of drug-likeness (QED) is 0.127. The summed E-state index contributed by atoms with van der Waals surface area (Å²) in [5.41, 5.74) is 0. The smallest absolute Gasteiger partial charge is 0 e. The van der Waals surface area contributed by atoms with Gasteiger partial charge in [-0.1, -0.05) is 64.7 Å². The Morgan fingerprint density at radius 1 is 0.731 bits per heavy atom. The minimum Gasteiger partial charge on any atom is 0 e. The molecule has 2 nitrogen and oxygen atoms in total. The van der Waals surface area contributed by atoms with Crippen molar-refractivity contribution in [1.29, 1.82) is 0 Å². The summed E-state index contributed by atoms with van der Waals surface area (Å²) in [4.78, 5) is 4.64. The molecule has 0 bridgehead atoms. The van der Waals surface area contributed by atoms with Gasteiger partial charge < -0.3 is 9.80 Å². The van der Waals surface area contributed by atoms with Crippen LogP contribution in [0.1, 0.15) is 71.1 Å². The molecule has 0 spiro atoms. The Labute approximate surface area is 147 Å². The fourth-order valence-electron chi connectivity index (χ4n) is 2.54. The molecule has 10 heteroatoms. The van der Waals surface area contributed by atoms with Crippen molar-refractivity contribution in [3.8, 4) is 0 Å². The number of nitrogens with zero attached hydrogens (tertiary/aromatic N) is 2. The van der Waals surface area contributed by atoms with Crippen LogP contribution in [0.5, 0.6) is 0 Å². The zero-order valence-electron chi connectivity index (χ0n) is 15.5. The molecule has 0 amide bonds. The molecule has 168 valence electrons. The largest absolute Gasteiger partial charge is 0 e. The molecule has 0 aromatic carbocycles. The molecule has 0 radical (unpaired) electrons. The first-order valence-corrected chi connectivity index (χ1v) is 11.0. The van der Waals surface area contributed by atoms with Crippen LogP contribution in [0.3, 0.4) is 0 Å². The van der Waals surface area contributed by atoms with E-state index in [1.165, 1.54) is 70.8 Å². The number of hydrogen-bond acceptors (Lipinski definition) is 2. The second-order valence-electron chi connectivity index (χ2n) is 6.65. The summed E-state index contributed by atoms with van der Waals surface area (Å²) < 4.78 is 59.2. The predicted molar refractivity (Wildman–Crippen MR) is 93.9 cm³/mol. The van der Waals surface area contributed by atoms with Gasteiger partial charge in [0, 0.05) is 26.0 Å². The van der Waals surface area contributed by atoms with Gasteiger partial charge in [-0.3, -0.25) is 0 Å². The van der Waals surface area contributed by atoms with Crippen molar-refractivity contribution in [1.82, 2.24) is 9.80 Å². The molecule has 0 N–H and O–H groups in total. The summed E-state index contributed by atoms with van der Waals surface area (Å²) >= 11 is 0. The van der Waals surface area contributed by atoms with Crippen LogP contribution in [0.15, 0.2) is 12.4 Å². The van der Waals surface area contributed by atoms with E-state index in [1.807, 2.05) is 0 Å². The van der Waals surface area contributed by atoms with Crippen molar-refractivity contribution >= 4 is 7.81 Å². The summed E-state index contributed by atoms with van der Waals surface area (Å²) in [6.45, 7) is 4.60. The molecule has 1 heterocycles. The predicted octanol–water partition coefficient (Wildman–Crippen LogP) is 7.97. The SMILES string of the molecule is CCCCCCCCCCCCN1C=CN(C)C1.F[P-](F)(F)(F)(F)F.[No]. The molecule has 0 aliphatic carbocycles. The number of halogens is 6. The van der Waals surface area contributed by atoms with Gasteiger partial charge in [0.05, 0.1) is 6.67 Å². The van der Waals surface area contributed by atoms with Crippen LogP contribution >= 0.6 is 7.81 Å². The van der Waals surface area contributed by atoms with E-state index in [9.17, 15) is 25.2 Å². The second kappa shape index (κ2) is 10.5. The Morgan fingerprint density at radius 3 is 1.46 bits per heavy atom. The fraction of sp³-hybridized carbons (Fsp3) is 0.875. The zero-order chi connectivity index (χ0) is 19.5. The van der Waals surface area contributed by atoms with E-state index >= 15 is 0 Å². The molecule has 0 saturated carbocycles. The number of unbranched alkanes of at least 4 members (excludes halogenated alkanes) is 9. The third kappa shape index (κ3) is 27.2. The Bertz CT molecular complexity index is 377. The van der Waals surface area contributed by atoms with E-state index in [0.717, 1.165) is 6.67 Å². The fourth-order valence-corrected chi connectivity index (χ4v) is 2.54. The van der Waals surface area contributed by atoms with Crippen molar-refractivity contribution in [3.05, 3.63) is 12.4 Å². The van der Waals surface area contributed by atoms with Gasteiger partial charge in [-0.15, -0.1) is 0 Å². The molecule has 0 saturated heterocycles. The minimum atomic E-state index is -10.7. The summed E-state index contributed by atoms with van der Waals surface area (Å²) in [6, 6.07) is 0.